The molecule has 124 valence electrons. The van der Waals surface area contributed by atoms with Crippen molar-refractivity contribution in [2.75, 3.05) is 0 Å². The zero-order chi connectivity index (χ0) is 17.4. The summed E-state index contributed by atoms with van der Waals surface area (Å²) < 4.78 is 5.67. The van der Waals surface area contributed by atoms with E-state index in [2.05, 4.69) is 18.3 Å². The van der Waals surface area contributed by atoms with Gasteiger partial charge in [0.25, 0.3) is 5.91 Å². The van der Waals surface area contributed by atoms with Crippen molar-refractivity contribution in [3.63, 3.8) is 0 Å². The van der Waals surface area contributed by atoms with Crippen molar-refractivity contribution in [1.82, 2.24) is 5.32 Å². The minimum absolute atomic E-state index is 0.0276. The van der Waals surface area contributed by atoms with Crippen molar-refractivity contribution in [2.24, 2.45) is 0 Å². The minimum atomic E-state index is -0.637. The normalized spacial score (nSPS) is 12.7. The molecule has 0 spiro atoms. The first-order valence-corrected chi connectivity index (χ1v) is 8.16. The smallest absolute Gasteiger partial charge is 0.261 e. The fraction of sp³-hybridized carbons (Fsp3) is 0.300. The van der Waals surface area contributed by atoms with Crippen LogP contribution in [0.5, 0.6) is 5.75 Å². The predicted molar refractivity (Wildman–Crippen MR) is 93.5 cm³/mol. The fourth-order valence-electron chi connectivity index (χ4n) is 2.48. The number of nitrogens with zero attached hydrogens (tertiary/aromatic N) is 1. The molecule has 0 bridgehead atoms. The van der Waals surface area contributed by atoms with Gasteiger partial charge in [-0.25, -0.2) is 0 Å². The van der Waals surface area contributed by atoms with Crippen LogP contribution in [0.25, 0.3) is 0 Å². The van der Waals surface area contributed by atoms with Gasteiger partial charge in [-0.1, -0.05) is 49.7 Å². The van der Waals surface area contributed by atoms with Crippen molar-refractivity contribution in [1.29, 1.82) is 5.26 Å². The highest BCUT2D eigenvalue weighted by molar-refractivity contribution is 5.81. The van der Waals surface area contributed by atoms with Crippen molar-refractivity contribution in [3.8, 4) is 11.8 Å². The second-order valence-electron chi connectivity index (χ2n) is 5.66. The highest BCUT2D eigenvalue weighted by Gasteiger charge is 2.19. The second kappa shape index (κ2) is 8.73. The van der Waals surface area contributed by atoms with Crippen LogP contribution in [-0.2, 0) is 4.79 Å². The van der Waals surface area contributed by atoms with E-state index < -0.39 is 6.10 Å². The van der Waals surface area contributed by atoms with Crippen molar-refractivity contribution in [3.05, 3.63) is 65.7 Å². The molecule has 1 N–H and O–H groups in total. The number of benzene rings is 2. The lowest BCUT2D eigenvalue weighted by atomic mass is 10.0. The molecule has 2 atom stereocenters. The van der Waals surface area contributed by atoms with E-state index in [9.17, 15) is 4.79 Å². The Morgan fingerprint density at radius 2 is 1.96 bits per heavy atom. The Bertz CT molecular complexity index is 707. The molecule has 0 fully saturated rings. The van der Waals surface area contributed by atoms with E-state index in [0.717, 1.165) is 18.4 Å². The maximum Gasteiger partial charge on any atom is 0.261 e. The summed E-state index contributed by atoms with van der Waals surface area (Å²) in [5.74, 6) is 0.350. The Labute approximate surface area is 143 Å². The Hall–Kier alpha value is -2.80. The highest BCUT2D eigenvalue weighted by atomic mass is 16.5. The van der Waals surface area contributed by atoms with Gasteiger partial charge in [0.05, 0.1) is 17.7 Å². The van der Waals surface area contributed by atoms with Crippen LogP contribution >= 0.6 is 0 Å². The molecule has 0 aromatic heterocycles. The van der Waals surface area contributed by atoms with Gasteiger partial charge < -0.3 is 10.1 Å². The average Bonchev–Trinajstić information content (AvgIpc) is 2.62. The standard InChI is InChI=1S/C20H22N2O2/c1-3-8-19(17-10-5-4-6-11-17)22-20(23)15(2)24-18-12-7-9-16(13-18)14-21/h4-7,9-13,15,19H,3,8H2,1-2H3,(H,22,23)/t15-,19+/m1/s1. The maximum absolute atomic E-state index is 12.5. The van der Waals surface area contributed by atoms with Crippen LogP contribution in [0.3, 0.4) is 0 Å². The molecule has 0 aliphatic carbocycles. The van der Waals surface area contributed by atoms with E-state index in [0.29, 0.717) is 11.3 Å². The van der Waals surface area contributed by atoms with Crippen molar-refractivity contribution >= 4 is 5.91 Å². The summed E-state index contributed by atoms with van der Waals surface area (Å²) in [5, 5.41) is 12.0. The summed E-state index contributed by atoms with van der Waals surface area (Å²) in [5.41, 5.74) is 1.60. The molecule has 0 saturated heterocycles. The van der Waals surface area contributed by atoms with E-state index in [1.807, 2.05) is 30.3 Å². The van der Waals surface area contributed by atoms with Crippen LogP contribution in [0.2, 0.25) is 0 Å². The lowest BCUT2D eigenvalue weighted by Gasteiger charge is -2.22. The summed E-state index contributed by atoms with van der Waals surface area (Å²) in [6.07, 6.45) is 1.20. The SMILES string of the molecule is CCC[C@H](NC(=O)[C@@H](C)Oc1cccc(C#N)c1)c1ccccc1. The van der Waals surface area contributed by atoms with Gasteiger partial charge in [0.15, 0.2) is 6.10 Å². The number of nitrogens with one attached hydrogen (secondary N) is 1. The molecule has 1 amide bonds. The molecule has 24 heavy (non-hydrogen) atoms. The zero-order valence-corrected chi connectivity index (χ0v) is 14.0. The van der Waals surface area contributed by atoms with E-state index >= 15 is 0 Å². The van der Waals surface area contributed by atoms with Crippen LogP contribution in [0, 0.1) is 11.3 Å². The lowest BCUT2D eigenvalue weighted by Crippen LogP contribution is -2.38. The molecule has 0 saturated carbocycles. The summed E-state index contributed by atoms with van der Waals surface area (Å²) in [4.78, 5) is 12.5. The lowest BCUT2D eigenvalue weighted by molar-refractivity contribution is -0.128. The van der Waals surface area contributed by atoms with Crippen LogP contribution < -0.4 is 10.1 Å². The third kappa shape index (κ3) is 4.85. The molecule has 0 heterocycles. The molecule has 0 aliphatic rings. The molecule has 2 aromatic rings. The third-order valence-corrected chi connectivity index (χ3v) is 3.74. The minimum Gasteiger partial charge on any atom is -0.481 e. The van der Waals surface area contributed by atoms with Gasteiger partial charge >= 0.3 is 0 Å². The van der Waals surface area contributed by atoms with Crippen LogP contribution in [0.1, 0.15) is 43.9 Å². The number of rotatable bonds is 7. The monoisotopic (exact) mass is 322 g/mol. The summed E-state index contributed by atoms with van der Waals surface area (Å²) in [7, 11) is 0. The second-order valence-corrected chi connectivity index (χ2v) is 5.66. The Kier molecular flexibility index (Phi) is 6.39. The molecular weight excluding hydrogens is 300 g/mol. The maximum atomic E-state index is 12.5. The zero-order valence-electron chi connectivity index (χ0n) is 14.0. The average molecular weight is 322 g/mol. The molecule has 2 rings (SSSR count). The molecule has 4 nitrogen and oxygen atoms in total. The highest BCUT2D eigenvalue weighted by Crippen LogP contribution is 2.19. The first-order valence-electron chi connectivity index (χ1n) is 8.16. The van der Waals surface area contributed by atoms with E-state index in [4.69, 9.17) is 10.00 Å². The third-order valence-electron chi connectivity index (χ3n) is 3.74. The Morgan fingerprint density at radius 1 is 1.21 bits per heavy atom. The van der Waals surface area contributed by atoms with Gasteiger partial charge in [0, 0.05) is 0 Å². The van der Waals surface area contributed by atoms with Gasteiger partial charge in [-0.3, -0.25) is 4.79 Å². The van der Waals surface area contributed by atoms with Crippen LogP contribution in [-0.4, -0.2) is 12.0 Å². The molecular formula is C20H22N2O2. The number of ether oxygens (including phenoxy) is 1. The van der Waals surface area contributed by atoms with Crippen LogP contribution in [0.4, 0.5) is 0 Å². The number of amides is 1. The van der Waals surface area contributed by atoms with E-state index in [1.54, 1.807) is 31.2 Å². The van der Waals surface area contributed by atoms with Gasteiger partial charge in [-0.2, -0.15) is 5.26 Å². The molecule has 0 radical (unpaired) electrons. The largest absolute Gasteiger partial charge is 0.481 e. The van der Waals surface area contributed by atoms with Crippen LogP contribution in [0.15, 0.2) is 54.6 Å². The quantitative estimate of drug-likeness (QED) is 0.838. The van der Waals surface area contributed by atoms with E-state index in [1.165, 1.54) is 0 Å². The van der Waals surface area contributed by atoms with Crippen molar-refractivity contribution < 1.29 is 9.53 Å². The number of carbonyl (C=O) groups is 1. The number of nitriles is 1. The Balaban J connectivity index is 2.02. The predicted octanol–water partition coefficient (Wildman–Crippen LogP) is 3.98. The molecule has 4 heteroatoms. The molecule has 0 aliphatic heterocycles. The molecule has 2 aromatic carbocycles. The fourth-order valence-corrected chi connectivity index (χ4v) is 2.48. The first-order chi connectivity index (χ1) is 11.6. The summed E-state index contributed by atoms with van der Waals surface area (Å²) in [6, 6.07) is 18.8. The van der Waals surface area contributed by atoms with Gasteiger partial charge in [-0.05, 0) is 37.1 Å². The number of hydrogen-bond donors (Lipinski definition) is 1. The van der Waals surface area contributed by atoms with Gasteiger partial charge in [0.2, 0.25) is 0 Å². The Morgan fingerprint density at radius 3 is 2.62 bits per heavy atom. The molecule has 0 unspecified atom stereocenters. The van der Waals surface area contributed by atoms with Gasteiger partial charge in [-0.15, -0.1) is 0 Å². The summed E-state index contributed by atoms with van der Waals surface area (Å²) in [6.45, 7) is 3.80. The number of carbonyl (C=O) groups excluding carboxylic acids is 1. The number of hydrogen-bond acceptors (Lipinski definition) is 3. The summed E-state index contributed by atoms with van der Waals surface area (Å²) >= 11 is 0. The van der Waals surface area contributed by atoms with Crippen molar-refractivity contribution in [2.45, 2.75) is 38.8 Å². The van der Waals surface area contributed by atoms with E-state index in [-0.39, 0.29) is 11.9 Å². The first kappa shape index (κ1) is 17.6. The topological polar surface area (TPSA) is 62.1 Å². The van der Waals surface area contributed by atoms with Gasteiger partial charge in [0.1, 0.15) is 5.75 Å².